The highest BCUT2D eigenvalue weighted by Gasteiger charge is 2.39. The van der Waals surface area contributed by atoms with E-state index in [2.05, 4.69) is 24.1 Å². The molecule has 1 rings (SSSR count). The monoisotopic (exact) mass is 242 g/mol. The molecule has 0 saturated heterocycles. The normalized spacial score (nSPS) is 19.6. The molecular formula is C13H26N2O2. The van der Waals surface area contributed by atoms with Crippen LogP contribution in [-0.4, -0.2) is 47.2 Å². The average molecular weight is 242 g/mol. The van der Waals surface area contributed by atoms with Crippen LogP contribution in [0.4, 0.5) is 0 Å². The van der Waals surface area contributed by atoms with Crippen LogP contribution in [-0.2, 0) is 4.79 Å². The van der Waals surface area contributed by atoms with Crippen molar-refractivity contribution in [3.63, 3.8) is 0 Å². The van der Waals surface area contributed by atoms with Crippen molar-refractivity contribution in [1.29, 1.82) is 0 Å². The number of carboxylic acid groups (broad SMARTS) is 1. The van der Waals surface area contributed by atoms with Gasteiger partial charge in [0.15, 0.2) is 0 Å². The Hall–Kier alpha value is -0.610. The zero-order chi connectivity index (χ0) is 13.1. The number of rotatable bonds is 8. The minimum Gasteiger partial charge on any atom is -0.480 e. The van der Waals surface area contributed by atoms with Gasteiger partial charge < -0.3 is 10.4 Å². The lowest BCUT2D eigenvalue weighted by Gasteiger charge is -2.34. The number of carbonyl (C=O) groups is 1. The van der Waals surface area contributed by atoms with E-state index >= 15 is 0 Å². The van der Waals surface area contributed by atoms with Gasteiger partial charge in [-0.1, -0.05) is 20.8 Å². The van der Waals surface area contributed by atoms with Gasteiger partial charge >= 0.3 is 5.97 Å². The van der Waals surface area contributed by atoms with Gasteiger partial charge in [0.2, 0.25) is 0 Å². The summed E-state index contributed by atoms with van der Waals surface area (Å²) in [5, 5.41) is 12.5. The number of nitrogens with zero attached hydrogens (tertiary/aromatic N) is 1. The second-order valence-electron chi connectivity index (χ2n) is 5.72. The lowest BCUT2D eigenvalue weighted by Crippen LogP contribution is -2.57. The van der Waals surface area contributed by atoms with E-state index in [1.807, 2.05) is 6.92 Å². The quantitative estimate of drug-likeness (QED) is 0.678. The highest BCUT2D eigenvalue weighted by molar-refractivity contribution is 5.78. The molecular weight excluding hydrogens is 216 g/mol. The van der Waals surface area contributed by atoms with Crippen LogP contribution in [0.5, 0.6) is 0 Å². The summed E-state index contributed by atoms with van der Waals surface area (Å²) in [5.74, 6) is -0.177. The Morgan fingerprint density at radius 2 is 2.12 bits per heavy atom. The molecule has 0 heterocycles. The Morgan fingerprint density at radius 3 is 2.47 bits per heavy atom. The fourth-order valence-corrected chi connectivity index (χ4v) is 2.25. The molecule has 1 saturated carbocycles. The van der Waals surface area contributed by atoms with Gasteiger partial charge in [0.05, 0.1) is 0 Å². The standard InChI is InChI=1S/C13H26N2O2/c1-5-14-13(4,12(16)17)9-15(8-10(2)3)11-6-7-11/h10-11,14H,5-9H2,1-4H3,(H,16,17). The summed E-state index contributed by atoms with van der Waals surface area (Å²) in [5.41, 5.74) is -0.827. The largest absolute Gasteiger partial charge is 0.480 e. The van der Waals surface area contributed by atoms with Gasteiger partial charge in [-0.05, 0) is 32.2 Å². The van der Waals surface area contributed by atoms with E-state index in [0.717, 1.165) is 6.54 Å². The SMILES string of the molecule is CCNC(C)(CN(CC(C)C)C1CC1)C(=O)O. The predicted octanol–water partition coefficient (Wildman–Crippen LogP) is 1.56. The lowest BCUT2D eigenvalue weighted by atomic mass is 10.0. The van der Waals surface area contributed by atoms with Crippen molar-refractivity contribution in [3.8, 4) is 0 Å². The van der Waals surface area contributed by atoms with Crippen LogP contribution < -0.4 is 5.32 Å². The van der Waals surface area contributed by atoms with Crippen LogP contribution in [0.25, 0.3) is 0 Å². The smallest absolute Gasteiger partial charge is 0.324 e. The second kappa shape index (κ2) is 5.83. The van der Waals surface area contributed by atoms with Crippen molar-refractivity contribution >= 4 is 5.97 Å². The first-order chi connectivity index (χ1) is 7.89. The molecule has 0 aliphatic heterocycles. The van der Waals surface area contributed by atoms with Crippen molar-refractivity contribution in [2.24, 2.45) is 5.92 Å². The first-order valence-electron chi connectivity index (χ1n) is 6.61. The Labute approximate surface area is 104 Å². The van der Waals surface area contributed by atoms with E-state index in [-0.39, 0.29) is 0 Å². The number of aliphatic carboxylic acids is 1. The van der Waals surface area contributed by atoms with Gasteiger partial charge in [-0.2, -0.15) is 0 Å². The van der Waals surface area contributed by atoms with Crippen LogP contribution in [0.2, 0.25) is 0 Å². The molecule has 17 heavy (non-hydrogen) atoms. The predicted molar refractivity (Wildman–Crippen MR) is 69.2 cm³/mol. The third kappa shape index (κ3) is 4.28. The summed E-state index contributed by atoms with van der Waals surface area (Å²) in [4.78, 5) is 13.7. The highest BCUT2D eigenvalue weighted by Crippen LogP contribution is 2.29. The van der Waals surface area contributed by atoms with E-state index in [1.54, 1.807) is 6.92 Å². The van der Waals surface area contributed by atoms with Crippen LogP contribution in [0.1, 0.15) is 40.5 Å². The molecule has 1 aliphatic rings. The fraction of sp³-hybridized carbons (Fsp3) is 0.923. The van der Waals surface area contributed by atoms with E-state index < -0.39 is 11.5 Å². The zero-order valence-corrected chi connectivity index (χ0v) is 11.5. The van der Waals surface area contributed by atoms with Gasteiger partial charge in [-0.25, -0.2) is 0 Å². The summed E-state index contributed by atoms with van der Waals surface area (Å²) >= 11 is 0. The number of carboxylic acids is 1. The third-order valence-corrected chi connectivity index (χ3v) is 3.22. The van der Waals surface area contributed by atoms with Gasteiger partial charge in [0.25, 0.3) is 0 Å². The molecule has 1 unspecified atom stereocenters. The maximum atomic E-state index is 11.4. The summed E-state index contributed by atoms with van der Waals surface area (Å²) < 4.78 is 0. The summed E-state index contributed by atoms with van der Waals surface area (Å²) in [6.45, 7) is 10.4. The molecule has 0 amide bonds. The first-order valence-corrected chi connectivity index (χ1v) is 6.61. The second-order valence-corrected chi connectivity index (χ2v) is 5.72. The van der Waals surface area contributed by atoms with Crippen molar-refractivity contribution in [1.82, 2.24) is 10.2 Å². The summed E-state index contributed by atoms with van der Waals surface area (Å²) in [6.07, 6.45) is 2.43. The molecule has 1 atom stereocenters. The van der Waals surface area contributed by atoms with E-state index in [4.69, 9.17) is 0 Å². The fourth-order valence-electron chi connectivity index (χ4n) is 2.25. The van der Waals surface area contributed by atoms with E-state index in [1.165, 1.54) is 12.8 Å². The lowest BCUT2D eigenvalue weighted by molar-refractivity contribution is -0.145. The van der Waals surface area contributed by atoms with Crippen molar-refractivity contribution in [2.45, 2.75) is 52.1 Å². The molecule has 100 valence electrons. The topological polar surface area (TPSA) is 52.6 Å². The molecule has 0 radical (unpaired) electrons. The van der Waals surface area contributed by atoms with E-state index in [9.17, 15) is 9.90 Å². The number of nitrogens with one attached hydrogen (secondary N) is 1. The Kier molecular flexibility index (Phi) is 4.95. The minimum absolute atomic E-state index is 0.579. The van der Waals surface area contributed by atoms with Crippen LogP contribution >= 0.6 is 0 Å². The number of hydrogen-bond acceptors (Lipinski definition) is 3. The highest BCUT2D eigenvalue weighted by atomic mass is 16.4. The summed E-state index contributed by atoms with van der Waals surface area (Å²) in [7, 11) is 0. The van der Waals surface area contributed by atoms with Crippen molar-refractivity contribution in [2.75, 3.05) is 19.6 Å². The molecule has 0 aromatic rings. The maximum Gasteiger partial charge on any atom is 0.324 e. The Morgan fingerprint density at radius 1 is 1.53 bits per heavy atom. The van der Waals surface area contributed by atoms with Crippen LogP contribution in [0.3, 0.4) is 0 Å². The van der Waals surface area contributed by atoms with Crippen LogP contribution in [0.15, 0.2) is 0 Å². The van der Waals surface area contributed by atoms with Crippen molar-refractivity contribution < 1.29 is 9.90 Å². The molecule has 1 aliphatic carbocycles. The molecule has 2 N–H and O–H groups in total. The molecule has 0 spiro atoms. The third-order valence-electron chi connectivity index (χ3n) is 3.22. The average Bonchev–Trinajstić information content (AvgIpc) is 2.98. The molecule has 0 aromatic carbocycles. The Balaban J connectivity index is 2.64. The van der Waals surface area contributed by atoms with Gasteiger partial charge in [-0.15, -0.1) is 0 Å². The van der Waals surface area contributed by atoms with Gasteiger partial charge in [-0.3, -0.25) is 9.69 Å². The van der Waals surface area contributed by atoms with Crippen LogP contribution in [0, 0.1) is 5.92 Å². The molecule has 4 heteroatoms. The van der Waals surface area contributed by atoms with Crippen molar-refractivity contribution in [3.05, 3.63) is 0 Å². The molecule has 1 fully saturated rings. The molecule has 0 aromatic heterocycles. The van der Waals surface area contributed by atoms with E-state index in [0.29, 0.717) is 25.0 Å². The minimum atomic E-state index is -0.827. The van der Waals surface area contributed by atoms with Gasteiger partial charge in [0.1, 0.15) is 5.54 Å². The summed E-state index contributed by atoms with van der Waals surface area (Å²) in [6, 6.07) is 0.606. The molecule has 4 nitrogen and oxygen atoms in total. The molecule has 0 bridgehead atoms. The zero-order valence-electron chi connectivity index (χ0n) is 11.5. The number of likely N-dealkylation sites (N-methyl/N-ethyl adjacent to an activating group) is 1. The number of hydrogen-bond donors (Lipinski definition) is 2. The first kappa shape index (κ1) is 14.5. The Bertz CT molecular complexity index is 264. The maximum absolute atomic E-state index is 11.4. The van der Waals surface area contributed by atoms with Gasteiger partial charge in [0, 0.05) is 19.1 Å².